The second-order valence-electron chi connectivity index (χ2n) is 6.22. The summed E-state index contributed by atoms with van der Waals surface area (Å²) in [4.78, 5) is 2.65. The average Bonchev–Trinajstić information content (AvgIpc) is 2.39. The SMILES string of the molecule is CCNC1(C#N)CCCC(N2CCCC(C)C2)C1. The maximum absolute atomic E-state index is 9.51. The summed E-state index contributed by atoms with van der Waals surface area (Å²) in [5.41, 5.74) is -0.252. The third kappa shape index (κ3) is 3.05. The summed E-state index contributed by atoms with van der Waals surface area (Å²) in [6, 6.07) is 3.19. The first-order valence-electron chi connectivity index (χ1n) is 7.59. The third-order valence-electron chi connectivity index (χ3n) is 4.66. The Morgan fingerprint density at radius 3 is 2.89 bits per heavy atom. The van der Waals surface area contributed by atoms with Crippen LogP contribution in [0.1, 0.15) is 52.4 Å². The second kappa shape index (κ2) is 6.04. The van der Waals surface area contributed by atoms with Gasteiger partial charge in [-0.3, -0.25) is 5.32 Å². The molecule has 1 saturated heterocycles. The van der Waals surface area contributed by atoms with Crippen LogP contribution in [-0.2, 0) is 0 Å². The van der Waals surface area contributed by atoms with Crippen molar-refractivity contribution in [1.82, 2.24) is 10.2 Å². The van der Waals surface area contributed by atoms with Crippen LogP contribution in [0.4, 0.5) is 0 Å². The van der Waals surface area contributed by atoms with Gasteiger partial charge in [-0.05, 0) is 57.5 Å². The zero-order valence-corrected chi connectivity index (χ0v) is 11.9. The van der Waals surface area contributed by atoms with Crippen molar-refractivity contribution in [2.24, 2.45) is 5.92 Å². The average molecular weight is 249 g/mol. The fraction of sp³-hybridized carbons (Fsp3) is 0.933. The number of nitrogens with one attached hydrogen (secondary N) is 1. The summed E-state index contributed by atoms with van der Waals surface area (Å²) in [5.74, 6) is 0.830. The summed E-state index contributed by atoms with van der Waals surface area (Å²) >= 11 is 0. The van der Waals surface area contributed by atoms with Crippen molar-refractivity contribution in [2.75, 3.05) is 19.6 Å². The van der Waals surface area contributed by atoms with Gasteiger partial charge in [-0.15, -0.1) is 0 Å². The van der Waals surface area contributed by atoms with E-state index in [2.05, 4.69) is 30.1 Å². The fourth-order valence-electron chi connectivity index (χ4n) is 3.75. The Labute approximate surface area is 112 Å². The van der Waals surface area contributed by atoms with Crippen LogP contribution in [-0.4, -0.2) is 36.1 Å². The number of nitrogens with zero attached hydrogens (tertiary/aromatic N) is 2. The quantitative estimate of drug-likeness (QED) is 0.835. The number of hydrogen-bond donors (Lipinski definition) is 1. The minimum atomic E-state index is -0.252. The van der Waals surface area contributed by atoms with Gasteiger partial charge < -0.3 is 4.90 Å². The molecule has 3 unspecified atom stereocenters. The highest BCUT2D eigenvalue weighted by Gasteiger charge is 2.38. The Bertz CT molecular complexity index is 305. The van der Waals surface area contributed by atoms with Crippen molar-refractivity contribution in [2.45, 2.75) is 64.0 Å². The van der Waals surface area contributed by atoms with E-state index in [1.54, 1.807) is 0 Å². The van der Waals surface area contributed by atoms with E-state index in [1.807, 2.05) is 0 Å². The van der Waals surface area contributed by atoms with Crippen LogP contribution >= 0.6 is 0 Å². The molecule has 0 bridgehead atoms. The molecule has 1 heterocycles. The van der Waals surface area contributed by atoms with Gasteiger partial charge in [0, 0.05) is 12.6 Å². The zero-order valence-electron chi connectivity index (χ0n) is 11.9. The topological polar surface area (TPSA) is 39.1 Å². The van der Waals surface area contributed by atoms with Crippen LogP contribution in [0, 0.1) is 17.2 Å². The molecular formula is C15H27N3. The second-order valence-corrected chi connectivity index (χ2v) is 6.22. The molecule has 0 spiro atoms. The molecule has 2 fully saturated rings. The van der Waals surface area contributed by atoms with Crippen molar-refractivity contribution in [3.63, 3.8) is 0 Å². The molecule has 102 valence electrons. The van der Waals surface area contributed by atoms with E-state index in [0.29, 0.717) is 6.04 Å². The lowest BCUT2D eigenvalue weighted by Gasteiger charge is -2.44. The van der Waals surface area contributed by atoms with Crippen molar-refractivity contribution in [3.8, 4) is 6.07 Å². The van der Waals surface area contributed by atoms with E-state index in [0.717, 1.165) is 25.3 Å². The molecule has 3 heteroatoms. The summed E-state index contributed by atoms with van der Waals surface area (Å²) in [6.07, 6.45) is 7.22. The lowest BCUT2D eigenvalue weighted by Crippen LogP contribution is -2.54. The number of likely N-dealkylation sites (tertiary alicyclic amines) is 1. The maximum Gasteiger partial charge on any atom is 0.108 e. The van der Waals surface area contributed by atoms with Crippen LogP contribution in [0.3, 0.4) is 0 Å². The van der Waals surface area contributed by atoms with E-state index >= 15 is 0 Å². The van der Waals surface area contributed by atoms with Gasteiger partial charge in [0.05, 0.1) is 6.07 Å². The van der Waals surface area contributed by atoms with Gasteiger partial charge in [0.1, 0.15) is 5.54 Å². The molecule has 3 nitrogen and oxygen atoms in total. The molecule has 0 aromatic carbocycles. The molecule has 0 aromatic rings. The van der Waals surface area contributed by atoms with E-state index in [9.17, 15) is 5.26 Å². The van der Waals surface area contributed by atoms with Crippen molar-refractivity contribution < 1.29 is 0 Å². The van der Waals surface area contributed by atoms with Gasteiger partial charge in [0.2, 0.25) is 0 Å². The van der Waals surface area contributed by atoms with Crippen LogP contribution in [0.2, 0.25) is 0 Å². The van der Waals surface area contributed by atoms with Crippen LogP contribution < -0.4 is 5.32 Å². The highest BCUT2D eigenvalue weighted by atomic mass is 15.2. The van der Waals surface area contributed by atoms with E-state index in [4.69, 9.17) is 0 Å². The van der Waals surface area contributed by atoms with Gasteiger partial charge >= 0.3 is 0 Å². The Kier molecular flexibility index (Phi) is 4.64. The van der Waals surface area contributed by atoms with E-state index in [-0.39, 0.29) is 5.54 Å². The van der Waals surface area contributed by atoms with Crippen molar-refractivity contribution >= 4 is 0 Å². The Morgan fingerprint density at radius 2 is 2.22 bits per heavy atom. The number of nitriles is 1. The predicted molar refractivity (Wildman–Crippen MR) is 74.2 cm³/mol. The lowest BCUT2D eigenvalue weighted by molar-refractivity contribution is 0.0813. The molecule has 3 atom stereocenters. The predicted octanol–water partition coefficient (Wildman–Crippen LogP) is 2.53. The Morgan fingerprint density at radius 1 is 1.39 bits per heavy atom. The largest absolute Gasteiger partial charge is 0.300 e. The normalized spacial score (nSPS) is 38.3. The van der Waals surface area contributed by atoms with Crippen LogP contribution in [0.15, 0.2) is 0 Å². The van der Waals surface area contributed by atoms with Crippen LogP contribution in [0.25, 0.3) is 0 Å². The summed E-state index contributed by atoms with van der Waals surface area (Å²) in [7, 11) is 0. The number of hydrogen-bond acceptors (Lipinski definition) is 3. The molecule has 1 aliphatic heterocycles. The maximum atomic E-state index is 9.51. The first kappa shape index (κ1) is 13.8. The monoisotopic (exact) mass is 249 g/mol. The molecule has 2 rings (SSSR count). The van der Waals surface area contributed by atoms with Gasteiger partial charge in [-0.2, -0.15) is 5.26 Å². The molecule has 1 saturated carbocycles. The summed E-state index contributed by atoms with van der Waals surface area (Å²) in [5, 5.41) is 12.9. The first-order chi connectivity index (χ1) is 8.69. The summed E-state index contributed by atoms with van der Waals surface area (Å²) in [6.45, 7) is 7.83. The fourth-order valence-corrected chi connectivity index (χ4v) is 3.75. The van der Waals surface area contributed by atoms with E-state index < -0.39 is 0 Å². The van der Waals surface area contributed by atoms with Crippen molar-refractivity contribution in [3.05, 3.63) is 0 Å². The number of piperidine rings is 1. The van der Waals surface area contributed by atoms with Gasteiger partial charge in [-0.25, -0.2) is 0 Å². The highest BCUT2D eigenvalue weighted by Crippen LogP contribution is 2.32. The molecule has 0 amide bonds. The molecule has 1 aliphatic carbocycles. The lowest BCUT2D eigenvalue weighted by atomic mass is 9.78. The first-order valence-corrected chi connectivity index (χ1v) is 7.59. The molecule has 0 aromatic heterocycles. The van der Waals surface area contributed by atoms with Gasteiger partial charge in [0.15, 0.2) is 0 Å². The van der Waals surface area contributed by atoms with Crippen LogP contribution in [0.5, 0.6) is 0 Å². The molecule has 2 aliphatic rings. The zero-order chi connectivity index (χ0) is 13.0. The molecular weight excluding hydrogens is 222 g/mol. The smallest absolute Gasteiger partial charge is 0.108 e. The Balaban J connectivity index is 1.99. The minimum Gasteiger partial charge on any atom is -0.300 e. The van der Waals surface area contributed by atoms with Crippen molar-refractivity contribution in [1.29, 1.82) is 5.26 Å². The molecule has 0 radical (unpaired) electrons. The van der Waals surface area contributed by atoms with Gasteiger partial charge in [0.25, 0.3) is 0 Å². The highest BCUT2D eigenvalue weighted by molar-refractivity contribution is 5.11. The van der Waals surface area contributed by atoms with Gasteiger partial charge in [-0.1, -0.05) is 13.8 Å². The standard InChI is InChI=1S/C15H27N3/c1-3-17-15(12-16)8-4-7-14(10-15)18-9-5-6-13(2)11-18/h13-14,17H,3-11H2,1-2H3. The van der Waals surface area contributed by atoms with E-state index in [1.165, 1.54) is 38.8 Å². The third-order valence-corrected chi connectivity index (χ3v) is 4.66. The minimum absolute atomic E-state index is 0.252. The molecule has 1 N–H and O–H groups in total. The number of rotatable bonds is 3. The summed E-state index contributed by atoms with van der Waals surface area (Å²) < 4.78 is 0. The Hall–Kier alpha value is -0.590. The molecule has 18 heavy (non-hydrogen) atoms.